The number of non-ortho nitro benzene ring substituents is 1. The van der Waals surface area contributed by atoms with Crippen LogP contribution in [0.15, 0.2) is 36.4 Å². The molecule has 23 heavy (non-hydrogen) atoms. The molecule has 0 saturated heterocycles. The van der Waals surface area contributed by atoms with Gasteiger partial charge < -0.3 is 9.84 Å². The highest BCUT2D eigenvalue weighted by Crippen LogP contribution is 2.31. The maximum absolute atomic E-state index is 14.1. The third-order valence-corrected chi connectivity index (χ3v) is 3.12. The summed E-state index contributed by atoms with van der Waals surface area (Å²) < 4.78 is 18.6. The number of halogens is 1. The van der Waals surface area contributed by atoms with Crippen LogP contribution < -0.4 is 0 Å². The van der Waals surface area contributed by atoms with Crippen LogP contribution in [-0.4, -0.2) is 29.1 Å². The van der Waals surface area contributed by atoms with Gasteiger partial charge in [-0.1, -0.05) is 0 Å². The number of nitro benzene ring substituents is 1. The lowest BCUT2D eigenvalue weighted by Gasteiger charge is -2.09. The maximum atomic E-state index is 14.1. The molecule has 0 spiro atoms. The summed E-state index contributed by atoms with van der Waals surface area (Å²) >= 11 is 0. The summed E-state index contributed by atoms with van der Waals surface area (Å²) in [7, 11) is 1.14. The van der Waals surface area contributed by atoms with Crippen molar-refractivity contribution < 1.29 is 28.7 Å². The molecule has 0 atom stereocenters. The van der Waals surface area contributed by atoms with Gasteiger partial charge in [-0.05, 0) is 24.3 Å². The van der Waals surface area contributed by atoms with Gasteiger partial charge in [-0.25, -0.2) is 14.0 Å². The highest BCUT2D eigenvalue weighted by Gasteiger charge is 2.20. The zero-order chi connectivity index (χ0) is 17.1. The molecule has 7 nitrogen and oxygen atoms in total. The van der Waals surface area contributed by atoms with Gasteiger partial charge in [0, 0.05) is 23.3 Å². The standard InChI is InChI=1S/C15H10FNO6/c1-23-15(20)8-2-5-13(16)12(6-8)11-7-9(17(21)22)3-4-10(11)14(18)19/h2-7H,1H3,(H,18,19). The Bertz CT molecular complexity index is 818. The molecular weight excluding hydrogens is 309 g/mol. The molecular formula is C15H10FNO6. The molecule has 0 amide bonds. The Kier molecular flexibility index (Phi) is 4.35. The van der Waals surface area contributed by atoms with Crippen molar-refractivity contribution in [2.24, 2.45) is 0 Å². The largest absolute Gasteiger partial charge is 0.478 e. The van der Waals surface area contributed by atoms with E-state index in [1.807, 2.05) is 0 Å². The van der Waals surface area contributed by atoms with Crippen molar-refractivity contribution in [3.05, 3.63) is 63.5 Å². The fourth-order valence-electron chi connectivity index (χ4n) is 2.03. The Morgan fingerprint density at radius 3 is 2.43 bits per heavy atom. The van der Waals surface area contributed by atoms with E-state index in [1.54, 1.807) is 0 Å². The van der Waals surface area contributed by atoms with Crippen molar-refractivity contribution in [2.45, 2.75) is 0 Å². The summed E-state index contributed by atoms with van der Waals surface area (Å²) in [5, 5.41) is 20.1. The Balaban J connectivity index is 2.73. The number of hydrogen-bond acceptors (Lipinski definition) is 5. The maximum Gasteiger partial charge on any atom is 0.337 e. The smallest absolute Gasteiger partial charge is 0.337 e. The molecule has 0 aromatic heterocycles. The summed E-state index contributed by atoms with van der Waals surface area (Å²) in [4.78, 5) is 32.9. The first-order valence-corrected chi connectivity index (χ1v) is 6.25. The number of carbonyl (C=O) groups excluding carboxylic acids is 1. The minimum absolute atomic E-state index is 0.00764. The Morgan fingerprint density at radius 2 is 1.87 bits per heavy atom. The zero-order valence-corrected chi connectivity index (χ0v) is 11.8. The summed E-state index contributed by atoms with van der Waals surface area (Å²) in [6.45, 7) is 0. The van der Waals surface area contributed by atoms with Gasteiger partial charge in [0.15, 0.2) is 0 Å². The SMILES string of the molecule is COC(=O)c1ccc(F)c(-c2cc([N+](=O)[O-])ccc2C(=O)O)c1. The van der Waals surface area contributed by atoms with Crippen molar-refractivity contribution >= 4 is 17.6 Å². The minimum Gasteiger partial charge on any atom is -0.478 e. The summed E-state index contributed by atoms with van der Waals surface area (Å²) in [5.74, 6) is -2.94. The molecule has 1 N–H and O–H groups in total. The molecule has 0 saturated carbocycles. The van der Waals surface area contributed by atoms with E-state index < -0.39 is 28.4 Å². The molecule has 0 aliphatic heterocycles. The Labute approximate surface area is 129 Å². The van der Waals surface area contributed by atoms with Gasteiger partial charge in [0.25, 0.3) is 5.69 Å². The zero-order valence-electron chi connectivity index (χ0n) is 11.8. The van der Waals surface area contributed by atoms with E-state index in [0.29, 0.717) is 0 Å². The van der Waals surface area contributed by atoms with E-state index in [9.17, 15) is 29.2 Å². The predicted octanol–water partition coefficient (Wildman–Crippen LogP) is 2.89. The average Bonchev–Trinajstić information content (AvgIpc) is 2.53. The Morgan fingerprint density at radius 1 is 1.17 bits per heavy atom. The van der Waals surface area contributed by atoms with Gasteiger partial charge >= 0.3 is 11.9 Å². The highest BCUT2D eigenvalue weighted by molar-refractivity contribution is 5.98. The number of hydrogen-bond donors (Lipinski definition) is 1. The molecule has 2 aromatic carbocycles. The number of carbonyl (C=O) groups is 2. The van der Waals surface area contributed by atoms with Crippen LogP contribution >= 0.6 is 0 Å². The average molecular weight is 319 g/mol. The van der Waals surface area contributed by atoms with E-state index in [1.165, 1.54) is 6.07 Å². The fourth-order valence-corrected chi connectivity index (χ4v) is 2.03. The molecule has 0 radical (unpaired) electrons. The van der Waals surface area contributed by atoms with Gasteiger partial charge in [-0.15, -0.1) is 0 Å². The van der Waals surface area contributed by atoms with Crippen molar-refractivity contribution in [3.63, 3.8) is 0 Å². The quantitative estimate of drug-likeness (QED) is 0.527. The number of rotatable bonds is 4. The highest BCUT2D eigenvalue weighted by atomic mass is 19.1. The lowest BCUT2D eigenvalue weighted by atomic mass is 9.97. The van der Waals surface area contributed by atoms with E-state index in [-0.39, 0.29) is 22.3 Å². The number of carboxylic acids is 1. The molecule has 0 bridgehead atoms. The molecule has 0 fully saturated rings. The number of carboxylic acid groups (broad SMARTS) is 1. The fraction of sp³-hybridized carbons (Fsp3) is 0.0667. The number of esters is 1. The molecule has 2 rings (SSSR count). The third kappa shape index (κ3) is 3.15. The van der Waals surface area contributed by atoms with Gasteiger partial charge in [-0.3, -0.25) is 10.1 Å². The van der Waals surface area contributed by atoms with Crippen LogP contribution in [-0.2, 0) is 4.74 Å². The van der Waals surface area contributed by atoms with Gasteiger partial charge in [-0.2, -0.15) is 0 Å². The second kappa shape index (κ2) is 6.22. The van der Waals surface area contributed by atoms with Crippen molar-refractivity contribution in [1.82, 2.24) is 0 Å². The first-order valence-electron chi connectivity index (χ1n) is 6.25. The van der Waals surface area contributed by atoms with Crippen LogP contribution in [0.2, 0.25) is 0 Å². The van der Waals surface area contributed by atoms with E-state index >= 15 is 0 Å². The van der Waals surface area contributed by atoms with Gasteiger partial charge in [0.2, 0.25) is 0 Å². The molecule has 118 valence electrons. The second-order valence-corrected chi connectivity index (χ2v) is 4.48. The van der Waals surface area contributed by atoms with Crippen LogP contribution in [0.3, 0.4) is 0 Å². The molecule has 0 unspecified atom stereocenters. The summed E-state index contributed by atoms with van der Waals surface area (Å²) in [5.41, 5.74) is -1.17. The molecule has 0 aliphatic carbocycles. The van der Waals surface area contributed by atoms with Crippen LogP contribution in [0, 0.1) is 15.9 Å². The van der Waals surface area contributed by atoms with Crippen LogP contribution in [0.25, 0.3) is 11.1 Å². The van der Waals surface area contributed by atoms with Crippen LogP contribution in [0.5, 0.6) is 0 Å². The lowest BCUT2D eigenvalue weighted by molar-refractivity contribution is -0.384. The summed E-state index contributed by atoms with van der Waals surface area (Å²) in [6, 6.07) is 6.19. The van der Waals surface area contributed by atoms with E-state index in [0.717, 1.165) is 37.4 Å². The van der Waals surface area contributed by atoms with E-state index in [4.69, 9.17) is 0 Å². The van der Waals surface area contributed by atoms with Crippen molar-refractivity contribution in [1.29, 1.82) is 0 Å². The monoisotopic (exact) mass is 319 g/mol. The number of nitro groups is 1. The first kappa shape index (κ1) is 16.1. The van der Waals surface area contributed by atoms with Crippen LogP contribution in [0.4, 0.5) is 10.1 Å². The number of methoxy groups -OCH3 is 1. The second-order valence-electron chi connectivity index (χ2n) is 4.48. The molecule has 0 aliphatic rings. The van der Waals surface area contributed by atoms with Crippen LogP contribution in [0.1, 0.15) is 20.7 Å². The topological polar surface area (TPSA) is 107 Å². The number of aromatic carboxylic acids is 1. The van der Waals surface area contributed by atoms with Gasteiger partial charge in [0.05, 0.1) is 23.2 Å². The molecule has 8 heteroatoms. The predicted molar refractivity (Wildman–Crippen MR) is 76.8 cm³/mol. The third-order valence-electron chi connectivity index (χ3n) is 3.12. The normalized spacial score (nSPS) is 10.2. The lowest BCUT2D eigenvalue weighted by Crippen LogP contribution is -2.05. The first-order chi connectivity index (χ1) is 10.8. The number of nitrogens with zero attached hydrogens (tertiary/aromatic N) is 1. The van der Waals surface area contributed by atoms with E-state index in [2.05, 4.69) is 4.74 Å². The van der Waals surface area contributed by atoms with Crippen molar-refractivity contribution in [2.75, 3.05) is 7.11 Å². The minimum atomic E-state index is -1.38. The Hall–Kier alpha value is -3.29. The summed E-state index contributed by atoms with van der Waals surface area (Å²) in [6.07, 6.45) is 0. The van der Waals surface area contributed by atoms with Gasteiger partial charge in [0.1, 0.15) is 5.82 Å². The number of benzene rings is 2. The van der Waals surface area contributed by atoms with Crippen molar-refractivity contribution in [3.8, 4) is 11.1 Å². The number of ether oxygens (including phenoxy) is 1. The molecule has 0 heterocycles. The molecule has 2 aromatic rings.